The van der Waals surface area contributed by atoms with E-state index in [0.717, 1.165) is 13.0 Å². The molecule has 0 aliphatic rings. The Balaban J connectivity index is 2.46. The first-order valence-electron chi connectivity index (χ1n) is 6.65. The first-order valence-corrected chi connectivity index (χ1v) is 6.65. The van der Waals surface area contributed by atoms with Crippen LogP contribution in [0.25, 0.3) is 0 Å². The van der Waals surface area contributed by atoms with Gasteiger partial charge in [-0.15, -0.1) is 0 Å². The molecule has 1 aromatic heterocycles. The molecule has 1 aromatic rings. The topological polar surface area (TPSA) is 68.5 Å². The molecule has 0 amide bonds. The number of hydrogen-bond acceptors (Lipinski definition) is 6. The predicted molar refractivity (Wildman–Crippen MR) is 70.4 cm³/mol. The summed E-state index contributed by atoms with van der Waals surface area (Å²) in [6, 6.07) is 0. The molecule has 0 unspecified atom stereocenters. The Bertz CT molecular complexity index is 390. The van der Waals surface area contributed by atoms with Crippen molar-refractivity contribution in [2.24, 2.45) is 5.92 Å². The minimum absolute atomic E-state index is 0.202. The minimum atomic E-state index is -0.202. The highest BCUT2D eigenvalue weighted by Gasteiger charge is 2.12. The number of nitrogens with zero attached hydrogens (tertiary/aromatic N) is 3. The van der Waals surface area contributed by atoms with E-state index in [1.807, 2.05) is 6.92 Å². The van der Waals surface area contributed by atoms with E-state index >= 15 is 0 Å². The van der Waals surface area contributed by atoms with Crippen LogP contribution in [0.3, 0.4) is 0 Å². The lowest BCUT2D eigenvalue weighted by atomic mass is 10.1. The normalized spacial score (nSPS) is 11.3. The fourth-order valence-electron chi connectivity index (χ4n) is 1.69. The van der Waals surface area contributed by atoms with Crippen molar-refractivity contribution in [1.29, 1.82) is 0 Å². The van der Waals surface area contributed by atoms with Crippen LogP contribution in [0.15, 0.2) is 4.52 Å². The molecule has 1 rings (SSSR count). The quantitative estimate of drug-likeness (QED) is 0.668. The van der Waals surface area contributed by atoms with Gasteiger partial charge in [-0.25, -0.2) is 0 Å². The highest BCUT2D eigenvalue weighted by Crippen LogP contribution is 2.07. The van der Waals surface area contributed by atoms with Crippen molar-refractivity contribution in [2.75, 3.05) is 20.2 Å². The lowest BCUT2D eigenvalue weighted by molar-refractivity contribution is -0.141. The van der Waals surface area contributed by atoms with E-state index in [0.29, 0.717) is 37.1 Å². The molecule has 0 bridgehead atoms. The van der Waals surface area contributed by atoms with Crippen LogP contribution >= 0.6 is 0 Å². The molecule has 0 N–H and O–H groups in total. The van der Waals surface area contributed by atoms with E-state index in [9.17, 15) is 4.79 Å². The van der Waals surface area contributed by atoms with Crippen molar-refractivity contribution in [3.8, 4) is 0 Å². The van der Waals surface area contributed by atoms with E-state index in [1.165, 1.54) is 7.11 Å². The molecule has 0 spiro atoms. The third-order valence-electron chi connectivity index (χ3n) is 2.77. The van der Waals surface area contributed by atoms with Gasteiger partial charge in [-0.05, 0) is 12.5 Å². The average molecular weight is 269 g/mol. The van der Waals surface area contributed by atoms with Gasteiger partial charge in [0.1, 0.15) is 0 Å². The predicted octanol–water partition coefficient (Wildman–Crippen LogP) is 1.65. The van der Waals surface area contributed by atoms with Gasteiger partial charge in [-0.2, -0.15) is 4.98 Å². The Morgan fingerprint density at radius 1 is 1.47 bits per heavy atom. The van der Waals surface area contributed by atoms with E-state index in [1.54, 1.807) is 0 Å². The van der Waals surface area contributed by atoms with Gasteiger partial charge in [0.05, 0.1) is 20.1 Å². The number of methoxy groups -OCH3 is 1. The highest BCUT2D eigenvalue weighted by molar-refractivity contribution is 5.69. The van der Waals surface area contributed by atoms with Crippen LogP contribution in [0.1, 0.15) is 38.9 Å². The monoisotopic (exact) mass is 269 g/mol. The second-order valence-electron chi connectivity index (χ2n) is 4.90. The van der Waals surface area contributed by atoms with Crippen LogP contribution in [0.5, 0.6) is 0 Å². The molecule has 6 nitrogen and oxygen atoms in total. The Kier molecular flexibility index (Phi) is 6.49. The molecule has 6 heteroatoms. The summed E-state index contributed by atoms with van der Waals surface area (Å²) in [5, 5.41) is 3.96. The fourth-order valence-corrected chi connectivity index (χ4v) is 1.69. The Hall–Kier alpha value is -1.43. The Labute approximate surface area is 114 Å². The summed E-state index contributed by atoms with van der Waals surface area (Å²) in [7, 11) is 1.40. The van der Waals surface area contributed by atoms with Crippen LogP contribution < -0.4 is 0 Å². The SMILES string of the molecule is CCN(CCC(=O)OC)Cc1noc(CC(C)C)n1. The standard InChI is InChI=1S/C13H23N3O3/c1-5-16(7-6-13(17)18-4)9-11-14-12(19-15-11)8-10(2)3/h10H,5-9H2,1-4H3. The van der Waals surface area contributed by atoms with Crippen LogP contribution in [0.2, 0.25) is 0 Å². The summed E-state index contributed by atoms with van der Waals surface area (Å²) in [4.78, 5) is 17.5. The summed E-state index contributed by atoms with van der Waals surface area (Å²) < 4.78 is 9.82. The molecule has 0 aliphatic heterocycles. The van der Waals surface area contributed by atoms with Gasteiger partial charge in [0, 0.05) is 13.0 Å². The first-order chi connectivity index (χ1) is 9.05. The zero-order chi connectivity index (χ0) is 14.3. The minimum Gasteiger partial charge on any atom is -0.469 e. The maximum Gasteiger partial charge on any atom is 0.306 e. The van der Waals surface area contributed by atoms with E-state index in [4.69, 9.17) is 4.52 Å². The van der Waals surface area contributed by atoms with Crippen molar-refractivity contribution in [2.45, 2.75) is 40.2 Å². The first kappa shape index (κ1) is 15.6. The number of aromatic nitrogens is 2. The lowest BCUT2D eigenvalue weighted by Crippen LogP contribution is -2.26. The third kappa shape index (κ3) is 5.83. The number of rotatable bonds is 8. The number of hydrogen-bond donors (Lipinski definition) is 0. The molecular weight excluding hydrogens is 246 g/mol. The van der Waals surface area contributed by atoms with E-state index in [2.05, 4.69) is 33.6 Å². The summed E-state index contributed by atoms with van der Waals surface area (Å²) in [6.45, 7) is 8.31. The average Bonchev–Trinajstić information content (AvgIpc) is 2.80. The maximum atomic E-state index is 11.1. The van der Waals surface area contributed by atoms with Gasteiger partial charge in [-0.1, -0.05) is 25.9 Å². The van der Waals surface area contributed by atoms with Gasteiger partial charge in [0.2, 0.25) is 5.89 Å². The van der Waals surface area contributed by atoms with Crippen molar-refractivity contribution < 1.29 is 14.1 Å². The van der Waals surface area contributed by atoms with Crippen molar-refractivity contribution in [3.05, 3.63) is 11.7 Å². The number of carbonyl (C=O) groups is 1. The molecule has 0 radical (unpaired) electrons. The fraction of sp³-hybridized carbons (Fsp3) is 0.769. The second-order valence-corrected chi connectivity index (χ2v) is 4.90. The van der Waals surface area contributed by atoms with E-state index in [-0.39, 0.29) is 5.97 Å². The molecule has 0 aromatic carbocycles. The van der Waals surface area contributed by atoms with Crippen LogP contribution in [-0.4, -0.2) is 41.2 Å². The summed E-state index contributed by atoms with van der Waals surface area (Å²) >= 11 is 0. The van der Waals surface area contributed by atoms with Gasteiger partial charge < -0.3 is 9.26 Å². The largest absolute Gasteiger partial charge is 0.469 e. The van der Waals surface area contributed by atoms with Gasteiger partial charge in [0.25, 0.3) is 0 Å². The maximum absolute atomic E-state index is 11.1. The van der Waals surface area contributed by atoms with Crippen LogP contribution in [-0.2, 0) is 22.5 Å². The zero-order valence-corrected chi connectivity index (χ0v) is 12.2. The smallest absolute Gasteiger partial charge is 0.306 e. The van der Waals surface area contributed by atoms with Gasteiger partial charge in [-0.3, -0.25) is 9.69 Å². The third-order valence-corrected chi connectivity index (χ3v) is 2.77. The Morgan fingerprint density at radius 3 is 2.79 bits per heavy atom. The lowest BCUT2D eigenvalue weighted by Gasteiger charge is -2.17. The molecule has 0 saturated heterocycles. The summed E-state index contributed by atoms with van der Waals surface area (Å²) in [5.74, 6) is 1.64. The van der Waals surface area contributed by atoms with Gasteiger partial charge in [0.15, 0.2) is 5.82 Å². The van der Waals surface area contributed by atoms with Crippen molar-refractivity contribution in [3.63, 3.8) is 0 Å². The zero-order valence-electron chi connectivity index (χ0n) is 12.2. The molecule has 0 aliphatic carbocycles. The molecule has 19 heavy (non-hydrogen) atoms. The van der Waals surface area contributed by atoms with Gasteiger partial charge >= 0.3 is 5.97 Å². The molecule has 0 fully saturated rings. The second kappa shape index (κ2) is 7.89. The number of ether oxygens (including phenoxy) is 1. The number of esters is 1. The molecule has 0 atom stereocenters. The van der Waals surface area contributed by atoms with E-state index < -0.39 is 0 Å². The number of carbonyl (C=O) groups excluding carboxylic acids is 1. The summed E-state index contributed by atoms with van der Waals surface area (Å²) in [5.41, 5.74) is 0. The Morgan fingerprint density at radius 2 is 2.21 bits per heavy atom. The molecular formula is C13H23N3O3. The van der Waals surface area contributed by atoms with Crippen molar-refractivity contribution in [1.82, 2.24) is 15.0 Å². The van der Waals surface area contributed by atoms with Crippen LogP contribution in [0, 0.1) is 5.92 Å². The molecule has 108 valence electrons. The van der Waals surface area contributed by atoms with Crippen molar-refractivity contribution >= 4 is 5.97 Å². The highest BCUT2D eigenvalue weighted by atomic mass is 16.5. The summed E-state index contributed by atoms with van der Waals surface area (Å²) in [6.07, 6.45) is 1.17. The molecule has 0 saturated carbocycles. The van der Waals surface area contributed by atoms with Crippen LogP contribution in [0.4, 0.5) is 0 Å². The molecule has 1 heterocycles.